The van der Waals surface area contributed by atoms with E-state index in [-0.39, 0.29) is 5.91 Å². The van der Waals surface area contributed by atoms with Crippen molar-refractivity contribution in [3.63, 3.8) is 0 Å². The van der Waals surface area contributed by atoms with E-state index in [1.165, 1.54) is 4.90 Å². The van der Waals surface area contributed by atoms with Crippen molar-refractivity contribution in [2.45, 2.75) is 6.92 Å². The number of hydrogen-bond acceptors (Lipinski definition) is 3. The zero-order chi connectivity index (χ0) is 14.8. The van der Waals surface area contributed by atoms with E-state index in [1.54, 1.807) is 18.5 Å². The Morgan fingerprint density at radius 1 is 1.24 bits per heavy atom. The number of amides is 1. The summed E-state index contributed by atoms with van der Waals surface area (Å²) < 4.78 is 0. The minimum atomic E-state index is -0.151. The molecule has 1 aromatic carbocycles. The zero-order valence-electron chi connectivity index (χ0n) is 11.4. The summed E-state index contributed by atoms with van der Waals surface area (Å²) in [6, 6.07) is 11.4. The standard InChI is InChI=1S/C16H13N3OS/c1-11-3-2-4-13(9-11)19-15(20)14(18-16(19)21)10-12-5-7-17-8-6-12/h2-10H,1H3,(H,18,21)/b14-10+. The van der Waals surface area contributed by atoms with Gasteiger partial charge in [-0.05, 0) is 60.6 Å². The second-order valence-corrected chi connectivity index (χ2v) is 5.13. The van der Waals surface area contributed by atoms with E-state index >= 15 is 0 Å². The number of nitrogens with zero attached hydrogens (tertiary/aromatic N) is 2. The highest BCUT2D eigenvalue weighted by Gasteiger charge is 2.31. The second-order valence-electron chi connectivity index (χ2n) is 4.75. The molecule has 1 fully saturated rings. The predicted molar refractivity (Wildman–Crippen MR) is 86.6 cm³/mol. The summed E-state index contributed by atoms with van der Waals surface area (Å²) in [5.74, 6) is -0.151. The zero-order valence-corrected chi connectivity index (χ0v) is 12.2. The number of pyridine rings is 1. The van der Waals surface area contributed by atoms with Gasteiger partial charge in [0.15, 0.2) is 5.11 Å². The van der Waals surface area contributed by atoms with E-state index in [2.05, 4.69) is 10.3 Å². The smallest absolute Gasteiger partial charge is 0.281 e. The van der Waals surface area contributed by atoms with Crippen LogP contribution in [0.2, 0.25) is 0 Å². The molecule has 0 aliphatic carbocycles. The molecular formula is C16H13N3OS. The Hall–Kier alpha value is -2.53. The first-order chi connectivity index (χ1) is 10.1. The van der Waals surface area contributed by atoms with E-state index in [1.807, 2.05) is 43.3 Å². The van der Waals surface area contributed by atoms with Gasteiger partial charge in [-0.2, -0.15) is 0 Å². The summed E-state index contributed by atoms with van der Waals surface area (Å²) in [5, 5.41) is 3.36. The molecule has 0 atom stereocenters. The third kappa shape index (κ3) is 2.68. The largest absolute Gasteiger partial charge is 0.327 e. The summed E-state index contributed by atoms with van der Waals surface area (Å²) in [7, 11) is 0. The maximum absolute atomic E-state index is 12.5. The third-order valence-electron chi connectivity index (χ3n) is 3.16. The molecule has 21 heavy (non-hydrogen) atoms. The lowest BCUT2D eigenvalue weighted by molar-refractivity contribution is -0.113. The number of thiocarbonyl (C=S) groups is 1. The second kappa shape index (κ2) is 5.46. The van der Waals surface area contributed by atoms with Gasteiger partial charge in [0.05, 0.1) is 5.69 Å². The Morgan fingerprint density at radius 2 is 2.00 bits per heavy atom. The van der Waals surface area contributed by atoms with Gasteiger partial charge in [0.25, 0.3) is 5.91 Å². The molecule has 0 unspecified atom stereocenters. The highest BCUT2D eigenvalue weighted by atomic mass is 32.1. The van der Waals surface area contributed by atoms with Gasteiger partial charge < -0.3 is 5.32 Å². The van der Waals surface area contributed by atoms with Crippen LogP contribution in [0.15, 0.2) is 54.5 Å². The quantitative estimate of drug-likeness (QED) is 0.683. The van der Waals surface area contributed by atoms with Crippen LogP contribution in [0.5, 0.6) is 0 Å². The molecule has 3 rings (SSSR count). The summed E-state index contributed by atoms with van der Waals surface area (Å²) in [4.78, 5) is 18.0. The van der Waals surface area contributed by atoms with E-state index < -0.39 is 0 Å². The Kier molecular flexibility index (Phi) is 3.50. The SMILES string of the molecule is Cc1cccc(N2C(=O)/C(=C\c3ccncc3)NC2=S)c1. The average molecular weight is 295 g/mol. The molecule has 0 saturated carbocycles. The molecule has 1 N–H and O–H groups in total. The van der Waals surface area contributed by atoms with Gasteiger partial charge in [-0.3, -0.25) is 14.7 Å². The lowest BCUT2D eigenvalue weighted by Gasteiger charge is -2.14. The Bertz CT molecular complexity index is 740. The molecule has 2 heterocycles. The summed E-state index contributed by atoms with van der Waals surface area (Å²) in [6.45, 7) is 1.98. The number of rotatable bonds is 2. The van der Waals surface area contributed by atoms with E-state index in [0.717, 1.165) is 16.8 Å². The van der Waals surface area contributed by atoms with Crippen molar-refractivity contribution >= 4 is 35.0 Å². The molecule has 2 aromatic rings. The Balaban J connectivity index is 1.94. The molecule has 1 aromatic heterocycles. The van der Waals surface area contributed by atoms with Crippen LogP contribution in [0.3, 0.4) is 0 Å². The molecule has 0 bridgehead atoms. The molecule has 1 saturated heterocycles. The van der Waals surface area contributed by atoms with Crippen molar-refractivity contribution in [3.05, 3.63) is 65.6 Å². The van der Waals surface area contributed by atoms with Crippen LogP contribution in [0.25, 0.3) is 6.08 Å². The minimum absolute atomic E-state index is 0.151. The van der Waals surface area contributed by atoms with Crippen LogP contribution in [0.4, 0.5) is 5.69 Å². The van der Waals surface area contributed by atoms with Crippen molar-refractivity contribution in [3.8, 4) is 0 Å². The number of anilines is 1. The van der Waals surface area contributed by atoms with Crippen LogP contribution >= 0.6 is 12.2 Å². The summed E-state index contributed by atoms with van der Waals surface area (Å²) in [5.41, 5.74) is 3.22. The number of nitrogens with one attached hydrogen (secondary N) is 1. The van der Waals surface area contributed by atoms with Gasteiger partial charge in [-0.15, -0.1) is 0 Å². The van der Waals surface area contributed by atoms with Gasteiger partial charge in [-0.1, -0.05) is 12.1 Å². The maximum atomic E-state index is 12.5. The fourth-order valence-electron chi connectivity index (χ4n) is 2.16. The molecule has 1 aliphatic heterocycles. The van der Waals surface area contributed by atoms with Crippen LogP contribution in [-0.2, 0) is 4.79 Å². The lowest BCUT2D eigenvalue weighted by Crippen LogP contribution is -2.30. The Morgan fingerprint density at radius 3 is 2.71 bits per heavy atom. The summed E-state index contributed by atoms with van der Waals surface area (Å²) in [6.07, 6.45) is 5.14. The fourth-order valence-corrected chi connectivity index (χ4v) is 2.46. The molecule has 5 heteroatoms. The number of aryl methyl sites for hydroxylation is 1. The fraction of sp³-hybridized carbons (Fsp3) is 0.0625. The predicted octanol–water partition coefficient (Wildman–Crippen LogP) is 2.65. The van der Waals surface area contributed by atoms with Crippen molar-refractivity contribution in [2.24, 2.45) is 0 Å². The lowest BCUT2D eigenvalue weighted by atomic mass is 10.2. The van der Waals surface area contributed by atoms with E-state index in [9.17, 15) is 4.79 Å². The molecule has 4 nitrogen and oxygen atoms in total. The van der Waals surface area contributed by atoms with Crippen LogP contribution < -0.4 is 10.2 Å². The maximum Gasteiger partial charge on any atom is 0.281 e. The van der Waals surface area contributed by atoms with Gasteiger partial charge in [-0.25, -0.2) is 0 Å². The number of benzene rings is 1. The molecule has 1 amide bonds. The van der Waals surface area contributed by atoms with Crippen molar-refractivity contribution in [1.82, 2.24) is 10.3 Å². The van der Waals surface area contributed by atoms with Crippen molar-refractivity contribution < 1.29 is 4.79 Å². The normalized spacial score (nSPS) is 16.4. The molecule has 0 radical (unpaired) electrons. The monoisotopic (exact) mass is 295 g/mol. The average Bonchev–Trinajstić information content (AvgIpc) is 2.74. The molecular weight excluding hydrogens is 282 g/mol. The van der Waals surface area contributed by atoms with Gasteiger partial charge in [0, 0.05) is 12.4 Å². The number of aromatic nitrogens is 1. The van der Waals surface area contributed by atoms with Gasteiger partial charge >= 0.3 is 0 Å². The number of carbonyl (C=O) groups excluding carboxylic acids is 1. The highest BCUT2D eigenvalue weighted by Crippen LogP contribution is 2.23. The first-order valence-corrected chi connectivity index (χ1v) is 6.90. The number of carbonyl (C=O) groups is 1. The van der Waals surface area contributed by atoms with Crippen LogP contribution in [0.1, 0.15) is 11.1 Å². The first-order valence-electron chi connectivity index (χ1n) is 6.49. The van der Waals surface area contributed by atoms with Crippen LogP contribution in [0, 0.1) is 6.92 Å². The van der Waals surface area contributed by atoms with Gasteiger partial charge in [0.2, 0.25) is 0 Å². The first kappa shape index (κ1) is 13.5. The third-order valence-corrected chi connectivity index (χ3v) is 3.44. The highest BCUT2D eigenvalue weighted by molar-refractivity contribution is 7.80. The van der Waals surface area contributed by atoms with Gasteiger partial charge in [0.1, 0.15) is 5.70 Å². The van der Waals surface area contributed by atoms with Crippen LogP contribution in [-0.4, -0.2) is 16.0 Å². The molecule has 1 aliphatic rings. The van der Waals surface area contributed by atoms with Crippen molar-refractivity contribution in [1.29, 1.82) is 0 Å². The number of hydrogen-bond donors (Lipinski definition) is 1. The van der Waals surface area contributed by atoms with E-state index in [0.29, 0.717) is 10.8 Å². The Labute approximate surface area is 128 Å². The van der Waals surface area contributed by atoms with Crippen molar-refractivity contribution in [2.75, 3.05) is 4.90 Å². The minimum Gasteiger partial charge on any atom is -0.327 e. The van der Waals surface area contributed by atoms with E-state index in [4.69, 9.17) is 12.2 Å². The summed E-state index contributed by atoms with van der Waals surface area (Å²) >= 11 is 5.28. The molecule has 104 valence electrons. The molecule has 0 spiro atoms. The topological polar surface area (TPSA) is 45.2 Å².